The molecule has 1 heterocycles. The van der Waals surface area contributed by atoms with Gasteiger partial charge in [0.1, 0.15) is 0 Å². The predicted molar refractivity (Wildman–Crippen MR) is 61.3 cm³/mol. The molecule has 2 rings (SSSR count). The molecule has 0 unspecified atom stereocenters. The molecule has 17 heavy (non-hydrogen) atoms. The van der Waals surface area contributed by atoms with Crippen molar-refractivity contribution in [2.24, 2.45) is 0 Å². The summed E-state index contributed by atoms with van der Waals surface area (Å²) in [6.45, 7) is 0.882. The number of hydrogen-bond acceptors (Lipinski definition) is 4. The Bertz CT molecular complexity index is 419. The molecule has 5 heteroatoms. The lowest BCUT2D eigenvalue weighted by Gasteiger charge is -2.15. The molecular weight excluding hydrogens is 222 g/mol. The molecule has 1 amide bonds. The van der Waals surface area contributed by atoms with Gasteiger partial charge < -0.3 is 19.1 Å². The molecule has 0 saturated heterocycles. The van der Waals surface area contributed by atoms with Crippen LogP contribution in [0, 0.1) is 0 Å². The van der Waals surface area contributed by atoms with Crippen molar-refractivity contribution in [1.82, 2.24) is 4.90 Å². The van der Waals surface area contributed by atoms with E-state index in [-0.39, 0.29) is 12.9 Å². The normalized spacial score (nSPS) is 12.4. The van der Waals surface area contributed by atoms with Gasteiger partial charge in [0.15, 0.2) is 11.5 Å². The second kappa shape index (κ2) is 4.95. The lowest BCUT2D eigenvalue weighted by molar-refractivity contribution is 0.134. The van der Waals surface area contributed by atoms with Gasteiger partial charge in [0, 0.05) is 13.6 Å². The molecule has 92 valence electrons. The molecule has 0 bridgehead atoms. The molecule has 0 radical (unpaired) electrons. The molecular formula is C12H15NO4. The predicted octanol–water partition coefficient (Wildman–Crippen LogP) is 1.66. The van der Waals surface area contributed by atoms with E-state index in [1.165, 1.54) is 12.0 Å². The largest absolute Gasteiger partial charge is 0.454 e. The molecule has 1 aliphatic rings. The summed E-state index contributed by atoms with van der Waals surface area (Å²) in [6, 6.07) is 5.79. The van der Waals surface area contributed by atoms with Crippen molar-refractivity contribution in [3.63, 3.8) is 0 Å². The van der Waals surface area contributed by atoms with Crippen molar-refractivity contribution >= 4 is 6.09 Å². The van der Waals surface area contributed by atoms with E-state index in [9.17, 15) is 4.79 Å². The maximum atomic E-state index is 11.2. The number of rotatable bonds is 3. The molecule has 0 atom stereocenters. The summed E-state index contributed by atoms with van der Waals surface area (Å²) in [6.07, 6.45) is 0.424. The fourth-order valence-corrected chi connectivity index (χ4v) is 1.64. The Kier molecular flexibility index (Phi) is 3.37. The van der Waals surface area contributed by atoms with Crippen LogP contribution >= 0.6 is 0 Å². The molecule has 0 aliphatic carbocycles. The molecule has 0 spiro atoms. The number of ether oxygens (including phenoxy) is 3. The van der Waals surface area contributed by atoms with Gasteiger partial charge in [0.25, 0.3) is 0 Å². The van der Waals surface area contributed by atoms with Crippen molar-refractivity contribution < 1.29 is 19.0 Å². The molecule has 0 saturated carbocycles. The van der Waals surface area contributed by atoms with Crippen LogP contribution < -0.4 is 9.47 Å². The molecule has 0 N–H and O–H groups in total. The third kappa shape index (κ3) is 2.61. The fraction of sp³-hybridized carbons (Fsp3) is 0.417. The number of amides is 1. The van der Waals surface area contributed by atoms with Gasteiger partial charge in [-0.1, -0.05) is 6.07 Å². The highest BCUT2D eigenvalue weighted by Gasteiger charge is 2.14. The SMILES string of the molecule is COC(=O)N(C)CCc1ccc2c(c1)OCO2. The second-order valence-corrected chi connectivity index (χ2v) is 3.83. The van der Waals surface area contributed by atoms with E-state index in [1.54, 1.807) is 7.05 Å². The highest BCUT2D eigenvalue weighted by molar-refractivity contribution is 5.66. The fourth-order valence-electron chi connectivity index (χ4n) is 1.64. The van der Waals surface area contributed by atoms with Gasteiger partial charge in [0.2, 0.25) is 6.79 Å². The maximum Gasteiger partial charge on any atom is 0.409 e. The van der Waals surface area contributed by atoms with Gasteiger partial charge in [-0.3, -0.25) is 0 Å². The zero-order chi connectivity index (χ0) is 12.3. The number of nitrogens with zero attached hydrogens (tertiary/aromatic N) is 1. The van der Waals surface area contributed by atoms with Crippen LogP contribution in [0.2, 0.25) is 0 Å². The summed E-state index contributed by atoms with van der Waals surface area (Å²) in [5.41, 5.74) is 1.10. The van der Waals surface area contributed by atoms with Crippen LogP contribution in [0.1, 0.15) is 5.56 Å². The van der Waals surface area contributed by atoms with Crippen molar-refractivity contribution in [3.05, 3.63) is 23.8 Å². The second-order valence-electron chi connectivity index (χ2n) is 3.83. The van der Waals surface area contributed by atoms with E-state index >= 15 is 0 Å². The van der Waals surface area contributed by atoms with Crippen molar-refractivity contribution in [1.29, 1.82) is 0 Å². The Balaban J connectivity index is 1.93. The summed E-state index contributed by atoms with van der Waals surface area (Å²) >= 11 is 0. The Labute approximate surface area is 99.9 Å². The Morgan fingerprint density at radius 2 is 2.18 bits per heavy atom. The number of benzene rings is 1. The highest BCUT2D eigenvalue weighted by Crippen LogP contribution is 2.32. The lowest BCUT2D eigenvalue weighted by Crippen LogP contribution is -2.28. The van der Waals surface area contributed by atoms with E-state index in [2.05, 4.69) is 4.74 Å². The van der Waals surface area contributed by atoms with E-state index in [1.807, 2.05) is 18.2 Å². The monoisotopic (exact) mass is 237 g/mol. The summed E-state index contributed by atoms with van der Waals surface area (Å²) in [7, 11) is 3.08. The lowest BCUT2D eigenvalue weighted by atomic mass is 10.1. The number of carbonyl (C=O) groups is 1. The summed E-state index contributed by atoms with van der Waals surface area (Å²) in [5, 5.41) is 0. The average Bonchev–Trinajstić information content (AvgIpc) is 2.82. The zero-order valence-corrected chi connectivity index (χ0v) is 9.93. The minimum absolute atomic E-state index is 0.279. The van der Waals surface area contributed by atoms with Crippen LogP contribution in [-0.4, -0.2) is 38.5 Å². The first-order valence-electron chi connectivity index (χ1n) is 5.38. The molecule has 1 aromatic carbocycles. The van der Waals surface area contributed by atoms with Crippen molar-refractivity contribution in [3.8, 4) is 11.5 Å². The molecule has 1 aromatic rings. The van der Waals surface area contributed by atoms with Gasteiger partial charge in [-0.25, -0.2) is 4.79 Å². The Hall–Kier alpha value is -1.91. The van der Waals surface area contributed by atoms with Gasteiger partial charge >= 0.3 is 6.09 Å². The van der Waals surface area contributed by atoms with E-state index < -0.39 is 0 Å². The zero-order valence-electron chi connectivity index (χ0n) is 9.93. The Morgan fingerprint density at radius 1 is 1.41 bits per heavy atom. The first kappa shape index (κ1) is 11.6. The summed E-state index contributed by atoms with van der Waals surface area (Å²) in [5.74, 6) is 1.54. The topological polar surface area (TPSA) is 48.0 Å². The molecule has 0 fully saturated rings. The van der Waals surface area contributed by atoms with Crippen LogP contribution in [0.3, 0.4) is 0 Å². The average molecular weight is 237 g/mol. The van der Waals surface area contributed by atoms with Crippen LogP contribution in [0.4, 0.5) is 4.79 Å². The number of methoxy groups -OCH3 is 1. The van der Waals surface area contributed by atoms with E-state index in [4.69, 9.17) is 9.47 Å². The van der Waals surface area contributed by atoms with Crippen molar-refractivity contribution in [2.45, 2.75) is 6.42 Å². The Morgan fingerprint density at radius 3 is 2.94 bits per heavy atom. The van der Waals surface area contributed by atoms with Crippen LogP contribution in [-0.2, 0) is 11.2 Å². The van der Waals surface area contributed by atoms with Gasteiger partial charge in [-0.15, -0.1) is 0 Å². The van der Waals surface area contributed by atoms with Crippen molar-refractivity contribution in [2.75, 3.05) is 27.5 Å². The third-order valence-electron chi connectivity index (χ3n) is 2.66. The number of fused-ring (bicyclic) bond motifs is 1. The third-order valence-corrected chi connectivity index (χ3v) is 2.66. The number of hydrogen-bond donors (Lipinski definition) is 0. The highest BCUT2D eigenvalue weighted by atomic mass is 16.7. The van der Waals surface area contributed by atoms with E-state index in [0.717, 1.165) is 23.5 Å². The van der Waals surface area contributed by atoms with Gasteiger partial charge in [0.05, 0.1) is 7.11 Å². The molecule has 5 nitrogen and oxygen atoms in total. The maximum absolute atomic E-state index is 11.2. The van der Waals surface area contributed by atoms with Crippen LogP contribution in [0.25, 0.3) is 0 Å². The van der Waals surface area contributed by atoms with E-state index in [0.29, 0.717) is 6.54 Å². The van der Waals surface area contributed by atoms with Crippen LogP contribution in [0.5, 0.6) is 11.5 Å². The van der Waals surface area contributed by atoms with Gasteiger partial charge in [-0.2, -0.15) is 0 Å². The minimum atomic E-state index is -0.328. The molecule has 0 aromatic heterocycles. The minimum Gasteiger partial charge on any atom is -0.454 e. The summed E-state index contributed by atoms with van der Waals surface area (Å²) < 4.78 is 15.1. The smallest absolute Gasteiger partial charge is 0.409 e. The standard InChI is InChI=1S/C12H15NO4/c1-13(12(14)15-2)6-5-9-3-4-10-11(7-9)17-8-16-10/h3-4,7H,5-6,8H2,1-2H3. The first-order valence-corrected chi connectivity index (χ1v) is 5.38. The first-order chi connectivity index (χ1) is 8.20. The summed E-state index contributed by atoms with van der Waals surface area (Å²) in [4.78, 5) is 12.7. The number of carbonyl (C=O) groups excluding carboxylic acids is 1. The molecule has 1 aliphatic heterocycles. The van der Waals surface area contributed by atoms with Gasteiger partial charge in [-0.05, 0) is 24.1 Å². The number of likely N-dealkylation sites (N-methyl/N-ethyl adjacent to an activating group) is 1. The quantitative estimate of drug-likeness (QED) is 0.802. The van der Waals surface area contributed by atoms with Crippen LogP contribution in [0.15, 0.2) is 18.2 Å².